The van der Waals surface area contributed by atoms with E-state index in [1.54, 1.807) is 12.1 Å². The van der Waals surface area contributed by atoms with E-state index in [9.17, 15) is 14.7 Å². The molecule has 0 atom stereocenters. The van der Waals surface area contributed by atoms with Crippen molar-refractivity contribution in [3.8, 4) is 5.75 Å². The second-order valence-electron chi connectivity index (χ2n) is 4.65. The molecule has 6 heteroatoms. The van der Waals surface area contributed by atoms with Crippen LogP contribution in [0.5, 0.6) is 5.75 Å². The number of aryl methyl sites for hydroxylation is 1. The molecule has 2 aromatic rings. The first-order valence-corrected chi connectivity index (χ1v) is 6.35. The molecular weight excluding hydrogens is 258 g/mol. The largest absolute Gasteiger partial charge is 0.506 e. The molecule has 1 aliphatic rings. The number of hydrogen-bond donors (Lipinski definition) is 2. The molecule has 1 aromatic heterocycles. The lowest BCUT2D eigenvalue weighted by atomic mass is 10.0. The molecule has 0 bridgehead atoms. The molecule has 1 aromatic carbocycles. The summed E-state index contributed by atoms with van der Waals surface area (Å²) in [5.74, 6) is -0.247. The first-order valence-electron chi connectivity index (χ1n) is 6.35. The van der Waals surface area contributed by atoms with E-state index in [0.717, 1.165) is 18.4 Å². The zero-order chi connectivity index (χ0) is 14.1. The van der Waals surface area contributed by atoms with Crippen molar-refractivity contribution < 1.29 is 9.90 Å². The Morgan fingerprint density at radius 2 is 2.15 bits per heavy atom. The molecule has 0 spiro atoms. The fourth-order valence-electron chi connectivity index (χ4n) is 2.44. The second-order valence-corrected chi connectivity index (χ2v) is 4.65. The Balaban J connectivity index is 2.02. The Bertz CT molecular complexity index is 703. The third-order valence-electron chi connectivity index (χ3n) is 3.34. The number of carbonyl (C=O) groups is 1. The Hall–Kier alpha value is -2.63. The Kier molecular flexibility index (Phi) is 2.98. The van der Waals surface area contributed by atoms with Gasteiger partial charge >= 0.3 is 0 Å². The summed E-state index contributed by atoms with van der Waals surface area (Å²) in [7, 11) is 0. The van der Waals surface area contributed by atoms with Gasteiger partial charge in [0, 0.05) is 12.6 Å². The molecule has 1 aliphatic heterocycles. The quantitative estimate of drug-likeness (QED) is 0.812. The van der Waals surface area contributed by atoms with Crippen LogP contribution in [0, 0.1) is 0 Å². The van der Waals surface area contributed by atoms with Crippen LogP contribution in [0.25, 0.3) is 0 Å². The van der Waals surface area contributed by atoms with Crippen LogP contribution in [0.1, 0.15) is 22.5 Å². The summed E-state index contributed by atoms with van der Waals surface area (Å²) in [5.41, 5.74) is 1.27. The number of hydrogen-bond acceptors (Lipinski definition) is 4. The van der Waals surface area contributed by atoms with Crippen molar-refractivity contribution in [2.45, 2.75) is 12.8 Å². The maximum atomic E-state index is 12.5. The van der Waals surface area contributed by atoms with E-state index in [-0.39, 0.29) is 22.9 Å². The summed E-state index contributed by atoms with van der Waals surface area (Å²) in [5, 5.41) is 16.0. The van der Waals surface area contributed by atoms with Crippen LogP contribution in [-0.4, -0.2) is 27.8 Å². The first-order chi connectivity index (χ1) is 9.66. The number of phenols is 1. The lowest BCUT2D eigenvalue weighted by molar-refractivity contribution is 0.0978. The lowest BCUT2D eigenvalue weighted by Crippen LogP contribution is -2.36. The topological polar surface area (TPSA) is 86.3 Å². The number of anilines is 1. The van der Waals surface area contributed by atoms with E-state index in [0.29, 0.717) is 12.2 Å². The van der Waals surface area contributed by atoms with Gasteiger partial charge in [0.25, 0.3) is 11.5 Å². The number of amides is 1. The molecule has 0 saturated carbocycles. The molecular formula is C14H13N3O3. The van der Waals surface area contributed by atoms with Crippen molar-refractivity contribution in [2.75, 3.05) is 11.4 Å². The number of carbonyl (C=O) groups excluding carboxylic acids is 1. The molecule has 0 saturated heterocycles. The number of aromatic nitrogens is 2. The van der Waals surface area contributed by atoms with E-state index >= 15 is 0 Å². The maximum absolute atomic E-state index is 12.5. The summed E-state index contributed by atoms with van der Waals surface area (Å²) >= 11 is 0. The van der Waals surface area contributed by atoms with Gasteiger partial charge in [-0.15, -0.1) is 0 Å². The van der Waals surface area contributed by atoms with Crippen LogP contribution in [0.4, 0.5) is 5.69 Å². The summed E-state index contributed by atoms with van der Waals surface area (Å²) < 4.78 is 0. The van der Waals surface area contributed by atoms with E-state index < -0.39 is 0 Å². The third-order valence-corrected chi connectivity index (χ3v) is 3.34. The first kappa shape index (κ1) is 12.4. The van der Waals surface area contributed by atoms with Crippen molar-refractivity contribution in [1.29, 1.82) is 0 Å². The molecule has 0 aliphatic carbocycles. The molecule has 6 nitrogen and oxygen atoms in total. The van der Waals surface area contributed by atoms with Crippen LogP contribution in [0.15, 0.2) is 35.1 Å². The second kappa shape index (κ2) is 4.80. The van der Waals surface area contributed by atoms with Gasteiger partial charge in [0.05, 0.1) is 5.69 Å². The van der Waals surface area contributed by atoms with Crippen molar-refractivity contribution in [3.63, 3.8) is 0 Å². The summed E-state index contributed by atoms with van der Waals surface area (Å²) in [6, 6.07) is 7.87. The molecule has 3 rings (SSSR count). The number of nitrogens with zero attached hydrogens (tertiary/aromatic N) is 2. The molecule has 0 unspecified atom stereocenters. The van der Waals surface area contributed by atoms with Gasteiger partial charge in [0.15, 0.2) is 0 Å². The van der Waals surface area contributed by atoms with Crippen LogP contribution in [-0.2, 0) is 6.42 Å². The highest BCUT2D eigenvalue weighted by molar-refractivity contribution is 6.06. The molecule has 20 heavy (non-hydrogen) atoms. The fraction of sp³-hybridized carbons (Fsp3) is 0.214. The number of aromatic amines is 1. The van der Waals surface area contributed by atoms with E-state index in [2.05, 4.69) is 10.2 Å². The van der Waals surface area contributed by atoms with Crippen LogP contribution in [0.3, 0.4) is 0 Å². The Morgan fingerprint density at radius 3 is 2.90 bits per heavy atom. The number of nitrogens with one attached hydrogen (secondary N) is 1. The van der Waals surface area contributed by atoms with E-state index in [1.807, 2.05) is 6.07 Å². The monoisotopic (exact) mass is 271 g/mol. The van der Waals surface area contributed by atoms with E-state index in [4.69, 9.17) is 0 Å². The average Bonchev–Trinajstić information content (AvgIpc) is 2.47. The van der Waals surface area contributed by atoms with Gasteiger partial charge in [0.1, 0.15) is 11.4 Å². The fourth-order valence-corrected chi connectivity index (χ4v) is 2.44. The molecule has 2 heterocycles. The number of benzene rings is 1. The van der Waals surface area contributed by atoms with Gasteiger partial charge in [-0.25, -0.2) is 5.10 Å². The van der Waals surface area contributed by atoms with E-state index in [1.165, 1.54) is 17.0 Å². The number of fused-ring (bicyclic) bond motifs is 1. The normalized spacial score (nSPS) is 13.9. The smallest absolute Gasteiger partial charge is 0.278 e. The van der Waals surface area contributed by atoms with Crippen molar-refractivity contribution >= 4 is 11.6 Å². The highest BCUT2D eigenvalue weighted by atomic mass is 16.3. The number of rotatable bonds is 1. The molecule has 1 amide bonds. The summed E-state index contributed by atoms with van der Waals surface area (Å²) in [6.07, 6.45) is 1.65. The zero-order valence-electron chi connectivity index (χ0n) is 10.7. The standard InChI is InChI=1S/C14H13N3O3/c18-11-5-1-3-9-4-2-8-17(13(9)11)14(20)10-6-7-12(19)16-15-10/h1,3,5-7,18H,2,4,8H2,(H,16,19). The Morgan fingerprint density at radius 1 is 1.30 bits per heavy atom. The molecule has 2 N–H and O–H groups in total. The van der Waals surface area contributed by atoms with Gasteiger partial charge in [-0.2, -0.15) is 5.10 Å². The number of para-hydroxylation sites is 1. The van der Waals surface area contributed by atoms with Crippen molar-refractivity contribution in [2.24, 2.45) is 0 Å². The molecule has 102 valence electrons. The summed E-state index contributed by atoms with van der Waals surface area (Å²) in [4.78, 5) is 25.0. The van der Waals surface area contributed by atoms with Gasteiger partial charge < -0.3 is 10.0 Å². The number of H-pyrrole nitrogens is 1. The van der Waals surface area contributed by atoms with Gasteiger partial charge in [-0.1, -0.05) is 12.1 Å². The van der Waals surface area contributed by atoms with Gasteiger partial charge in [-0.05, 0) is 30.5 Å². The third kappa shape index (κ3) is 2.05. The van der Waals surface area contributed by atoms with Crippen molar-refractivity contribution in [1.82, 2.24) is 10.2 Å². The van der Waals surface area contributed by atoms with Gasteiger partial charge in [0.2, 0.25) is 0 Å². The SMILES string of the molecule is O=C(c1ccc(=O)[nH]n1)N1CCCc2cccc(O)c21. The highest BCUT2D eigenvalue weighted by Crippen LogP contribution is 2.35. The zero-order valence-corrected chi connectivity index (χ0v) is 10.7. The Labute approximate surface area is 114 Å². The van der Waals surface area contributed by atoms with Crippen LogP contribution >= 0.6 is 0 Å². The minimum atomic E-state index is -0.358. The molecule has 0 radical (unpaired) electrons. The van der Waals surface area contributed by atoms with Crippen LogP contribution in [0.2, 0.25) is 0 Å². The highest BCUT2D eigenvalue weighted by Gasteiger charge is 2.26. The van der Waals surface area contributed by atoms with Gasteiger partial charge in [-0.3, -0.25) is 9.59 Å². The molecule has 0 fully saturated rings. The maximum Gasteiger partial charge on any atom is 0.278 e. The number of aromatic hydroxyl groups is 1. The minimum absolute atomic E-state index is 0.0833. The van der Waals surface area contributed by atoms with Crippen molar-refractivity contribution in [3.05, 3.63) is 51.9 Å². The predicted octanol–water partition coefficient (Wildman–Crippen LogP) is 1.07. The predicted molar refractivity (Wildman–Crippen MR) is 73.0 cm³/mol. The minimum Gasteiger partial charge on any atom is -0.506 e. The lowest BCUT2D eigenvalue weighted by Gasteiger charge is -2.29. The number of phenolic OH excluding ortho intramolecular Hbond substituents is 1. The average molecular weight is 271 g/mol. The van der Waals surface area contributed by atoms with Crippen LogP contribution < -0.4 is 10.5 Å². The summed E-state index contributed by atoms with van der Waals surface area (Å²) in [6.45, 7) is 0.518.